The molecule has 7 heteroatoms. The molecule has 1 heterocycles. The summed E-state index contributed by atoms with van der Waals surface area (Å²) in [6.07, 6.45) is -2.37. The fourth-order valence-corrected chi connectivity index (χ4v) is 1.05. The summed E-state index contributed by atoms with van der Waals surface area (Å²) >= 11 is 4.92. The van der Waals surface area contributed by atoms with Gasteiger partial charge in [0.1, 0.15) is 5.69 Å². The van der Waals surface area contributed by atoms with E-state index in [4.69, 9.17) is 17.3 Å². The van der Waals surface area contributed by atoms with Crippen LogP contribution < -0.4 is 5.73 Å². The number of nitrogens with zero attached hydrogens (tertiary/aromatic N) is 1. The van der Waals surface area contributed by atoms with Crippen LogP contribution in [0.3, 0.4) is 0 Å². The van der Waals surface area contributed by atoms with Crippen molar-refractivity contribution in [3.8, 4) is 0 Å². The Labute approximate surface area is 81.7 Å². The molecule has 0 spiro atoms. The third-order valence-corrected chi connectivity index (χ3v) is 1.66. The molecule has 0 radical (unpaired) electrons. The van der Waals surface area contributed by atoms with Gasteiger partial charge in [-0.25, -0.2) is 13.2 Å². The van der Waals surface area contributed by atoms with Gasteiger partial charge in [0.05, 0.1) is 17.4 Å². The summed E-state index contributed by atoms with van der Waals surface area (Å²) in [7, 11) is 0. The molecule has 14 heavy (non-hydrogen) atoms. The molecule has 0 saturated carbocycles. The standard InChI is InChI=1S/C7H4ClF3N2O/c8-6(14)3-4(9)2(12)1-13-5(3)7(10)11/h1,7H,12H2. The second-order valence-electron chi connectivity index (χ2n) is 2.36. The first-order valence-corrected chi connectivity index (χ1v) is 3.74. The minimum absolute atomic E-state index is 0.501. The second kappa shape index (κ2) is 3.83. The first-order valence-electron chi connectivity index (χ1n) is 3.37. The van der Waals surface area contributed by atoms with Crippen molar-refractivity contribution in [1.82, 2.24) is 4.98 Å². The number of aromatic nitrogens is 1. The quantitative estimate of drug-likeness (QED) is 0.783. The van der Waals surface area contributed by atoms with Gasteiger partial charge in [0.25, 0.3) is 11.7 Å². The molecule has 0 saturated heterocycles. The van der Waals surface area contributed by atoms with Crippen LogP contribution in [0.5, 0.6) is 0 Å². The highest BCUT2D eigenvalue weighted by atomic mass is 35.5. The highest BCUT2D eigenvalue weighted by Gasteiger charge is 2.24. The molecule has 76 valence electrons. The maximum atomic E-state index is 13.1. The lowest BCUT2D eigenvalue weighted by atomic mass is 10.2. The predicted molar refractivity (Wildman–Crippen MR) is 43.7 cm³/mol. The maximum Gasteiger partial charge on any atom is 0.281 e. The second-order valence-corrected chi connectivity index (χ2v) is 2.71. The Bertz CT molecular complexity index is 383. The molecule has 0 aliphatic carbocycles. The van der Waals surface area contributed by atoms with Crippen LogP contribution in [-0.2, 0) is 0 Å². The molecule has 2 N–H and O–H groups in total. The van der Waals surface area contributed by atoms with Crippen molar-refractivity contribution in [2.24, 2.45) is 0 Å². The number of rotatable bonds is 2. The van der Waals surface area contributed by atoms with Gasteiger partial charge >= 0.3 is 0 Å². The van der Waals surface area contributed by atoms with Crippen LogP contribution in [-0.4, -0.2) is 10.2 Å². The lowest BCUT2D eigenvalue weighted by Crippen LogP contribution is -2.08. The zero-order chi connectivity index (χ0) is 10.9. The van der Waals surface area contributed by atoms with Crippen molar-refractivity contribution in [1.29, 1.82) is 0 Å². The largest absolute Gasteiger partial charge is 0.395 e. The van der Waals surface area contributed by atoms with Gasteiger partial charge in [-0.15, -0.1) is 0 Å². The normalized spacial score (nSPS) is 10.6. The highest BCUT2D eigenvalue weighted by molar-refractivity contribution is 6.68. The lowest BCUT2D eigenvalue weighted by Gasteiger charge is -2.06. The summed E-state index contributed by atoms with van der Waals surface area (Å²) in [6, 6.07) is 0. The number of alkyl halides is 2. The maximum absolute atomic E-state index is 13.1. The van der Waals surface area contributed by atoms with Crippen molar-refractivity contribution in [2.75, 3.05) is 5.73 Å². The molecular formula is C7H4ClF3N2O. The van der Waals surface area contributed by atoms with E-state index in [2.05, 4.69) is 4.98 Å². The van der Waals surface area contributed by atoms with E-state index in [1.807, 2.05) is 0 Å². The first kappa shape index (κ1) is 10.8. The predicted octanol–water partition coefficient (Wildman–Crippen LogP) is 2.12. The van der Waals surface area contributed by atoms with E-state index in [-0.39, 0.29) is 0 Å². The fourth-order valence-electron chi connectivity index (χ4n) is 0.870. The Hall–Kier alpha value is -1.30. The molecule has 3 nitrogen and oxygen atoms in total. The Morgan fingerprint density at radius 3 is 2.57 bits per heavy atom. The molecular weight excluding hydrogens is 221 g/mol. The molecule has 0 amide bonds. The Balaban J connectivity index is 3.45. The average Bonchev–Trinajstić information content (AvgIpc) is 2.08. The van der Waals surface area contributed by atoms with Gasteiger partial charge in [-0.1, -0.05) is 0 Å². The number of nitrogen functional groups attached to an aromatic ring is 1. The van der Waals surface area contributed by atoms with Crippen molar-refractivity contribution < 1.29 is 18.0 Å². The fraction of sp³-hybridized carbons (Fsp3) is 0.143. The molecule has 0 aliphatic heterocycles. The van der Waals surface area contributed by atoms with Gasteiger partial charge in [-0.05, 0) is 11.6 Å². The van der Waals surface area contributed by atoms with E-state index in [0.29, 0.717) is 6.20 Å². The zero-order valence-electron chi connectivity index (χ0n) is 6.60. The van der Waals surface area contributed by atoms with Crippen LogP contribution in [0.15, 0.2) is 6.20 Å². The van der Waals surface area contributed by atoms with Gasteiger partial charge in [0, 0.05) is 0 Å². The number of halogens is 4. The molecule has 0 aromatic carbocycles. The third-order valence-electron chi connectivity index (χ3n) is 1.48. The Kier molecular flexibility index (Phi) is 2.95. The van der Waals surface area contributed by atoms with Gasteiger partial charge in [0.2, 0.25) is 0 Å². The minimum Gasteiger partial charge on any atom is -0.395 e. The van der Waals surface area contributed by atoms with Gasteiger partial charge in [-0.3, -0.25) is 9.78 Å². The van der Waals surface area contributed by atoms with Crippen molar-refractivity contribution in [3.63, 3.8) is 0 Å². The summed E-state index contributed by atoms with van der Waals surface area (Å²) in [5.74, 6) is -1.27. The van der Waals surface area contributed by atoms with Gasteiger partial charge in [-0.2, -0.15) is 0 Å². The van der Waals surface area contributed by atoms with Crippen LogP contribution in [0.2, 0.25) is 0 Å². The SMILES string of the molecule is Nc1cnc(C(F)F)c(C(=O)Cl)c1F. The number of carbonyl (C=O) groups is 1. The van der Waals surface area contributed by atoms with E-state index in [1.165, 1.54) is 0 Å². The summed E-state index contributed by atoms with van der Waals surface area (Å²) in [4.78, 5) is 13.8. The van der Waals surface area contributed by atoms with E-state index in [0.717, 1.165) is 0 Å². The number of hydrogen-bond donors (Lipinski definition) is 1. The van der Waals surface area contributed by atoms with Crippen LogP contribution in [0.4, 0.5) is 18.9 Å². The molecule has 0 bridgehead atoms. The lowest BCUT2D eigenvalue weighted by molar-refractivity contribution is 0.105. The Morgan fingerprint density at radius 1 is 1.57 bits per heavy atom. The molecule has 0 unspecified atom stereocenters. The van der Waals surface area contributed by atoms with Crippen LogP contribution in [0, 0.1) is 5.82 Å². The summed E-state index contributed by atoms with van der Waals surface area (Å²) in [5.41, 5.74) is 2.56. The molecule has 1 rings (SSSR count). The monoisotopic (exact) mass is 224 g/mol. The number of carbonyl (C=O) groups excluding carboxylic acids is 1. The zero-order valence-corrected chi connectivity index (χ0v) is 7.36. The summed E-state index contributed by atoms with van der Waals surface area (Å²) in [6.45, 7) is 0. The Morgan fingerprint density at radius 2 is 2.14 bits per heavy atom. The highest BCUT2D eigenvalue weighted by Crippen LogP contribution is 2.26. The van der Waals surface area contributed by atoms with Crippen LogP contribution >= 0.6 is 11.6 Å². The summed E-state index contributed by atoms with van der Waals surface area (Å²) < 4.78 is 37.5. The molecule has 1 aromatic heterocycles. The third kappa shape index (κ3) is 1.79. The van der Waals surface area contributed by atoms with Crippen LogP contribution in [0.25, 0.3) is 0 Å². The minimum atomic E-state index is -3.08. The van der Waals surface area contributed by atoms with E-state index >= 15 is 0 Å². The van der Waals surface area contributed by atoms with Crippen molar-refractivity contribution in [2.45, 2.75) is 6.43 Å². The van der Waals surface area contributed by atoms with E-state index in [1.54, 1.807) is 0 Å². The topological polar surface area (TPSA) is 56.0 Å². The van der Waals surface area contributed by atoms with E-state index in [9.17, 15) is 18.0 Å². The van der Waals surface area contributed by atoms with Crippen molar-refractivity contribution in [3.05, 3.63) is 23.3 Å². The number of pyridine rings is 1. The molecule has 0 aliphatic rings. The molecule has 1 aromatic rings. The van der Waals surface area contributed by atoms with Crippen molar-refractivity contribution >= 4 is 22.5 Å². The van der Waals surface area contributed by atoms with Gasteiger partial charge in [0.15, 0.2) is 5.82 Å². The van der Waals surface area contributed by atoms with Gasteiger partial charge < -0.3 is 5.73 Å². The smallest absolute Gasteiger partial charge is 0.281 e. The number of hydrogen-bond acceptors (Lipinski definition) is 3. The molecule has 0 atom stereocenters. The van der Waals surface area contributed by atoms with E-state index < -0.39 is 34.4 Å². The number of nitrogens with two attached hydrogens (primary N) is 1. The van der Waals surface area contributed by atoms with Crippen LogP contribution in [0.1, 0.15) is 22.5 Å². The first-order chi connectivity index (χ1) is 6.45. The summed E-state index contributed by atoms with van der Waals surface area (Å²) in [5, 5.41) is -1.35. The number of anilines is 1. The molecule has 0 fully saturated rings. The average molecular weight is 225 g/mol.